The molecule has 1 aromatic heterocycles. The quantitative estimate of drug-likeness (QED) is 0.824. The van der Waals surface area contributed by atoms with Crippen LogP contribution < -0.4 is 5.32 Å². The maximum Gasteiger partial charge on any atom is 0.130 e. The van der Waals surface area contributed by atoms with Gasteiger partial charge in [-0.05, 0) is 12.1 Å². The normalized spacial score (nSPS) is 10.8. The number of aryl methyl sites for hydroxylation is 1. The molecule has 96 valence electrons. The van der Waals surface area contributed by atoms with Crippen LogP contribution in [-0.2, 0) is 20.0 Å². The number of hydrogen-bond acceptors (Lipinski definition) is 2. The fraction of sp³-hybridized carbons (Fsp3) is 0.308. The van der Waals surface area contributed by atoms with Crippen molar-refractivity contribution in [2.24, 2.45) is 7.05 Å². The molecular formula is C13H15F2N3. The molecular weight excluding hydrogens is 236 g/mol. The summed E-state index contributed by atoms with van der Waals surface area (Å²) in [6.07, 6.45) is 2.56. The van der Waals surface area contributed by atoms with E-state index in [1.54, 1.807) is 10.9 Å². The van der Waals surface area contributed by atoms with Gasteiger partial charge in [0.15, 0.2) is 0 Å². The summed E-state index contributed by atoms with van der Waals surface area (Å²) >= 11 is 0. The van der Waals surface area contributed by atoms with Crippen LogP contribution in [0, 0.1) is 11.6 Å². The number of hydrogen-bond donors (Lipinski definition) is 1. The third kappa shape index (κ3) is 3.13. The van der Waals surface area contributed by atoms with E-state index in [1.165, 1.54) is 12.1 Å². The molecule has 18 heavy (non-hydrogen) atoms. The fourth-order valence-electron chi connectivity index (χ4n) is 1.75. The Hall–Kier alpha value is -1.75. The van der Waals surface area contributed by atoms with Crippen molar-refractivity contribution in [1.82, 2.24) is 15.1 Å². The lowest BCUT2D eigenvalue weighted by atomic mass is 10.2. The maximum absolute atomic E-state index is 13.3. The van der Waals surface area contributed by atoms with Gasteiger partial charge in [0.2, 0.25) is 0 Å². The first-order valence-corrected chi connectivity index (χ1v) is 5.78. The van der Waals surface area contributed by atoms with Gasteiger partial charge in [-0.15, -0.1) is 0 Å². The van der Waals surface area contributed by atoms with Gasteiger partial charge in [-0.2, -0.15) is 5.10 Å². The average molecular weight is 251 g/mol. The van der Waals surface area contributed by atoms with E-state index in [0.717, 1.165) is 24.7 Å². The highest BCUT2D eigenvalue weighted by Crippen LogP contribution is 2.09. The van der Waals surface area contributed by atoms with Crippen molar-refractivity contribution in [2.45, 2.75) is 13.0 Å². The first-order chi connectivity index (χ1) is 8.66. The summed E-state index contributed by atoms with van der Waals surface area (Å²) in [6, 6.07) is 5.57. The minimum Gasteiger partial charge on any atom is -0.312 e. The second-order valence-corrected chi connectivity index (χ2v) is 4.11. The van der Waals surface area contributed by atoms with Crippen molar-refractivity contribution in [3.63, 3.8) is 0 Å². The Morgan fingerprint density at radius 1 is 1.28 bits per heavy atom. The van der Waals surface area contributed by atoms with Crippen molar-refractivity contribution in [1.29, 1.82) is 0 Å². The first kappa shape index (κ1) is 12.7. The molecule has 0 unspecified atom stereocenters. The Bertz CT molecular complexity index is 523. The van der Waals surface area contributed by atoms with Gasteiger partial charge in [0.25, 0.3) is 0 Å². The summed E-state index contributed by atoms with van der Waals surface area (Å²) in [6.45, 7) is 1.11. The van der Waals surface area contributed by atoms with E-state index in [4.69, 9.17) is 0 Å². The maximum atomic E-state index is 13.3. The molecule has 1 N–H and O–H groups in total. The number of nitrogens with zero attached hydrogens (tertiary/aromatic N) is 2. The van der Waals surface area contributed by atoms with Gasteiger partial charge in [0.1, 0.15) is 11.6 Å². The Morgan fingerprint density at radius 2 is 2.11 bits per heavy atom. The van der Waals surface area contributed by atoms with E-state index < -0.39 is 11.6 Å². The van der Waals surface area contributed by atoms with E-state index in [-0.39, 0.29) is 0 Å². The van der Waals surface area contributed by atoms with Crippen LogP contribution >= 0.6 is 0 Å². The van der Waals surface area contributed by atoms with Gasteiger partial charge in [-0.25, -0.2) is 8.78 Å². The molecule has 1 aromatic carbocycles. The lowest BCUT2D eigenvalue weighted by Gasteiger charge is -2.06. The molecule has 0 aliphatic rings. The van der Waals surface area contributed by atoms with Crippen LogP contribution in [0.5, 0.6) is 0 Å². The van der Waals surface area contributed by atoms with Crippen LogP contribution in [0.1, 0.15) is 11.3 Å². The minimum atomic E-state index is -0.550. The predicted molar refractivity (Wildman–Crippen MR) is 65.0 cm³/mol. The zero-order valence-electron chi connectivity index (χ0n) is 10.2. The van der Waals surface area contributed by atoms with Crippen LogP contribution in [0.3, 0.4) is 0 Å². The van der Waals surface area contributed by atoms with Crippen LogP contribution in [0.15, 0.2) is 30.5 Å². The average Bonchev–Trinajstić information content (AvgIpc) is 2.73. The molecule has 0 aliphatic carbocycles. The second-order valence-electron chi connectivity index (χ2n) is 4.11. The smallest absolute Gasteiger partial charge is 0.130 e. The molecule has 3 nitrogen and oxygen atoms in total. The topological polar surface area (TPSA) is 29.9 Å². The van der Waals surface area contributed by atoms with Crippen molar-refractivity contribution in [2.75, 3.05) is 6.54 Å². The Kier molecular flexibility index (Phi) is 4.04. The molecule has 0 amide bonds. The van der Waals surface area contributed by atoms with E-state index >= 15 is 0 Å². The van der Waals surface area contributed by atoms with Crippen molar-refractivity contribution in [3.8, 4) is 0 Å². The van der Waals surface area contributed by atoms with Gasteiger partial charge in [-0.1, -0.05) is 6.07 Å². The molecule has 0 fully saturated rings. The summed E-state index contributed by atoms with van der Waals surface area (Å²) in [4.78, 5) is 0. The van der Waals surface area contributed by atoms with Crippen molar-refractivity contribution >= 4 is 0 Å². The third-order valence-electron chi connectivity index (χ3n) is 2.81. The van der Waals surface area contributed by atoms with Crippen LogP contribution in [-0.4, -0.2) is 16.3 Å². The summed E-state index contributed by atoms with van der Waals surface area (Å²) in [5.41, 5.74) is 1.59. The first-order valence-electron chi connectivity index (χ1n) is 5.78. The lowest BCUT2D eigenvalue weighted by Crippen LogP contribution is -2.18. The number of nitrogens with one attached hydrogen (secondary N) is 1. The Balaban J connectivity index is 1.80. The van der Waals surface area contributed by atoms with E-state index in [9.17, 15) is 8.78 Å². The van der Waals surface area contributed by atoms with Crippen LogP contribution in [0.4, 0.5) is 8.78 Å². The predicted octanol–water partition coefficient (Wildman–Crippen LogP) is 2.03. The summed E-state index contributed by atoms with van der Waals surface area (Å²) in [5.74, 6) is -1.06. The second kappa shape index (κ2) is 5.73. The molecule has 2 aromatic rings. The minimum absolute atomic E-state index is 0.393. The SMILES string of the molecule is Cn1nccc1CCNCc1ccc(F)cc1F. The number of benzene rings is 1. The zero-order valence-corrected chi connectivity index (χ0v) is 10.2. The molecule has 0 atom stereocenters. The van der Waals surface area contributed by atoms with Crippen molar-refractivity contribution in [3.05, 3.63) is 53.4 Å². The fourth-order valence-corrected chi connectivity index (χ4v) is 1.75. The highest BCUT2D eigenvalue weighted by atomic mass is 19.1. The highest BCUT2D eigenvalue weighted by Gasteiger charge is 2.03. The molecule has 0 spiro atoms. The number of halogens is 2. The van der Waals surface area contributed by atoms with E-state index in [2.05, 4.69) is 10.4 Å². The standard InChI is InChI=1S/C13H15F2N3/c1-18-12(5-7-17-18)4-6-16-9-10-2-3-11(14)8-13(10)15/h2-3,5,7-8,16H,4,6,9H2,1H3. The van der Waals surface area contributed by atoms with Crippen LogP contribution in [0.25, 0.3) is 0 Å². The third-order valence-corrected chi connectivity index (χ3v) is 2.81. The summed E-state index contributed by atoms with van der Waals surface area (Å²) in [7, 11) is 1.88. The monoisotopic (exact) mass is 251 g/mol. The van der Waals surface area contributed by atoms with E-state index in [0.29, 0.717) is 12.1 Å². The van der Waals surface area contributed by atoms with E-state index in [1.807, 2.05) is 13.1 Å². The van der Waals surface area contributed by atoms with Gasteiger partial charge < -0.3 is 5.32 Å². The molecule has 2 rings (SSSR count). The molecule has 0 saturated heterocycles. The molecule has 0 aliphatic heterocycles. The summed E-state index contributed by atoms with van der Waals surface area (Å²) in [5, 5.41) is 7.19. The molecule has 5 heteroatoms. The van der Waals surface area contributed by atoms with Crippen LogP contribution in [0.2, 0.25) is 0 Å². The van der Waals surface area contributed by atoms with Gasteiger partial charge in [-0.3, -0.25) is 4.68 Å². The van der Waals surface area contributed by atoms with Gasteiger partial charge in [0.05, 0.1) is 0 Å². The lowest BCUT2D eigenvalue weighted by molar-refractivity contribution is 0.558. The van der Waals surface area contributed by atoms with Gasteiger partial charge >= 0.3 is 0 Å². The Labute approximate surface area is 104 Å². The largest absolute Gasteiger partial charge is 0.312 e. The molecule has 0 radical (unpaired) electrons. The highest BCUT2D eigenvalue weighted by molar-refractivity contribution is 5.18. The van der Waals surface area contributed by atoms with Gasteiger partial charge in [0, 0.05) is 50.1 Å². The number of aromatic nitrogens is 2. The molecule has 0 bridgehead atoms. The van der Waals surface area contributed by atoms with Crippen molar-refractivity contribution < 1.29 is 8.78 Å². The molecule has 1 heterocycles. The number of rotatable bonds is 5. The molecule has 0 saturated carbocycles. The Morgan fingerprint density at radius 3 is 2.78 bits per heavy atom. The zero-order chi connectivity index (χ0) is 13.0. The summed E-state index contributed by atoms with van der Waals surface area (Å²) < 4.78 is 27.8.